The van der Waals surface area contributed by atoms with E-state index in [1.54, 1.807) is 29.3 Å². The number of fused-ring (bicyclic) bond motifs is 1. The lowest BCUT2D eigenvalue weighted by Crippen LogP contribution is -2.50. The fraction of sp³-hybridized carbons (Fsp3) is 0.238. The molecule has 168 valence electrons. The van der Waals surface area contributed by atoms with Crippen LogP contribution in [-0.2, 0) is 10.0 Å². The quantitative estimate of drug-likeness (QED) is 0.591. The minimum Gasteiger partial charge on any atom is -0.406 e. The highest BCUT2D eigenvalue weighted by Crippen LogP contribution is 2.26. The summed E-state index contributed by atoms with van der Waals surface area (Å²) < 4.78 is 67.5. The van der Waals surface area contributed by atoms with Crippen LogP contribution >= 0.6 is 0 Å². The van der Waals surface area contributed by atoms with Crippen LogP contribution in [0.5, 0.6) is 5.75 Å². The van der Waals surface area contributed by atoms with E-state index in [9.17, 15) is 26.4 Å². The number of carbonyl (C=O) groups excluding carboxylic acids is 1. The molecule has 11 heteroatoms. The lowest BCUT2D eigenvalue weighted by atomic mass is 10.1. The summed E-state index contributed by atoms with van der Waals surface area (Å²) in [6, 6.07) is 12.9. The van der Waals surface area contributed by atoms with Gasteiger partial charge in [0.1, 0.15) is 5.75 Å². The van der Waals surface area contributed by atoms with E-state index < -0.39 is 22.1 Å². The van der Waals surface area contributed by atoms with Crippen molar-refractivity contribution in [3.63, 3.8) is 0 Å². The lowest BCUT2D eigenvalue weighted by molar-refractivity contribution is -0.274. The highest BCUT2D eigenvalue weighted by atomic mass is 32.2. The molecule has 1 fully saturated rings. The molecule has 1 aromatic heterocycles. The second-order valence-corrected chi connectivity index (χ2v) is 9.06. The fourth-order valence-corrected chi connectivity index (χ4v) is 4.90. The number of halogens is 3. The molecule has 0 bridgehead atoms. The van der Waals surface area contributed by atoms with Crippen molar-refractivity contribution in [2.24, 2.45) is 0 Å². The summed E-state index contributed by atoms with van der Waals surface area (Å²) in [5, 5.41) is 0.909. The van der Waals surface area contributed by atoms with Crippen molar-refractivity contribution in [3.8, 4) is 5.75 Å². The van der Waals surface area contributed by atoms with E-state index in [1.807, 2.05) is 12.1 Å². The van der Waals surface area contributed by atoms with Gasteiger partial charge in [0, 0.05) is 43.3 Å². The van der Waals surface area contributed by atoms with Gasteiger partial charge in [-0.25, -0.2) is 8.42 Å². The zero-order valence-electron chi connectivity index (χ0n) is 16.6. The SMILES string of the molecule is O=C(c1ccc2cccnc2c1)N1CCN(S(=O)(=O)c2ccc(OC(F)(F)F)cc2)CC1. The molecular formula is C21H18F3N3O4S. The Morgan fingerprint density at radius 1 is 0.969 bits per heavy atom. The van der Waals surface area contributed by atoms with Gasteiger partial charge in [-0.3, -0.25) is 9.78 Å². The molecule has 1 amide bonds. The third kappa shape index (κ3) is 4.68. The molecule has 0 unspecified atom stereocenters. The molecule has 0 spiro atoms. The Bertz CT molecular complexity index is 1240. The molecule has 0 saturated carbocycles. The van der Waals surface area contributed by atoms with E-state index in [4.69, 9.17) is 0 Å². The summed E-state index contributed by atoms with van der Waals surface area (Å²) in [5.74, 6) is -0.722. The zero-order valence-corrected chi connectivity index (χ0v) is 17.4. The van der Waals surface area contributed by atoms with Crippen LogP contribution in [0, 0.1) is 0 Å². The first-order valence-electron chi connectivity index (χ1n) is 9.63. The second-order valence-electron chi connectivity index (χ2n) is 7.13. The molecule has 0 radical (unpaired) electrons. The Labute approximate surface area is 182 Å². The maximum Gasteiger partial charge on any atom is 0.573 e. The number of sulfonamides is 1. The van der Waals surface area contributed by atoms with Crippen LogP contribution in [0.15, 0.2) is 65.7 Å². The van der Waals surface area contributed by atoms with Gasteiger partial charge in [-0.05, 0) is 42.5 Å². The van der Waals surface area contributed by atoms with Gasteiger partial charge in [-0.2, -0.15) is 4.31 Å². The minimum atomic E-state index is -4.86. The molecule has 0 N–H and O–H groups in total. The Hall–Kier alpha value is -3.18. The lowest BCUT2D eigenvalue weighted by Gasteiger charge is -2.34. The summed E-state index contributed by atoms with van der Waals surface area (Å²) in [4.78, 5) is 18.5. The van der Waals surface area contributed by atoms with Gasteiger partial charge in [0.05, 0.1) is 10.4 Å². The number of hydrogen-bond donors (Lipinski definition) is 0. The maximum absolute atomic E-state index is 12.8. The summed E-state index contributed by atoms with van der Waals surface area (Å²) in [6.07, 6.45) is -3.22. The van der Waals surface area contributed by atoms with Crippen LogP contribution in [0.2, 0.25) is 0 Å². The van der Waals surface area contributed by atoms with E-state index in [1.165, 1.54) is 4.31 Å². The van der Waals surface area contributed by atoms with Gasteiger partial charge < -0.3 is 9.64 Å². The van der Waals surface area contributed by atoms with Crippen molar-refractivity contribution in [1.82, 2.24) is 14.2 Å². The molecule has 1 saturated heterocycles. The van der Waals surface area contributed by atoms with E-state index in [0.29, 0.717) is 11.1 Å². The third-order valence-corrected chi connectivity index (χ3v) is 6.99. The number of hydrogen-bond acceptors (Lipinski definition) is 5. The molecule has 0 aliphatic carbocycles. The predicted octanol–water partition coefficient (Wildman–Crippen LogP) is 3.28. The molecule has 1 aliphatic heterocycles. The predicted molar refractivity (Wildman–Crippen MR) is 110 cm³/mol. The fourth-order valence-electron chi connectivity index (χ4n) is 3.48. The van der Waals surface area contributed by atoms with Crippen LogP contribution in [-0.4, -0.2) is 61.1 Å². The monoisotopic (exact) mass is 465 g/mol. The van der Waals surface area contributed by atoms with Gasteiger partial charge in [0.25, 0.3) is 5.91 Å². The summed E-state index contributed by atoms with van der Waals surface area (Å²) in [6.45, 7) is 0.516. The van der Waals surface area contributed by atoms with Crippen LogP contribution in [0.25, 0.3) is 10.9 Å². The van der Waals surface area contributed by atoms with Crippen molar-refractivity contribution in [3.05, 3.63) is 66.4 Å². The molecule has 3 aromatic rings. The van der Waals surface area contributed by atoms with Gasteiger partial charge in [0.2, 0.25) is 10.0 Å². The second kappa shape index (κ2) is 8.40. The van der Waals surface area contributed by atoms with Crippen LogP contribution in [0.4, 0.5) is 13.2 Å². The van der Waals surface area contributed by atoms with Crippen molar-refractivity contribution in [2.75, 3.05) is 26.2 Å². The largest absolute Gasteiger partial charge is 0.573 e. The van der Waals surface area contributed by atoms with Crippen molar-refractivity contribution >= 4 is 26.8 Å². The van der Waals surface area contributed by atoms with Crippen LogP contribution < -0.4 is 4.74 Å². The van der Waals surface area contributed by atoms with Crippen molar-refractivity contribution < 1.29 is 31.1 Å². The van der Waals surface area contributed by atoms with Gasteiger partial charge in [0.15, 0.2) is 0 Å². The Morgan fingerprint density at radius 3 is 2.31 bits per heavy atom. The number of benzene rings is 2. The number of ether oxygens (including phenoxy) is 1. The molecule has 2 aromatic carbocycles. The topological polar surface area (TPSA) is 79.8 Å². The first-order chi connectivity index (χ1) is 15.1. The van der Waals surface area contributed by atoms with Gasteiger partial charge in [-0.15, -0.1) is 13.2 Å². The number of carbonyl (C=O) groups is 1. The van der Waals surface area contributed by atoms with Gasteiger partial charge in [-0.1, -0.05) is 12.1 Å². The third-order valence-electron chi connectivity index (χ3n) is 5.07. The molecule has 2 heterocycles. The Balaban J connectivity index is 1.42. The number of amides is 1. The highest BCUT2D eigenvalue weighted by molar-refractivity contribution is 7.89. The van der Waals surface area contributed by atoms with Gasteiger partial charge >= 0.3 is 6.36 Å². The Kier molecular flexibility index (Phi) is 5.78. The minimum absolute atomic E-state index is 0.0701. The van der Waals surface area contributed by atoms with Crippen LogP contribution in [0.3, 0.4) is 0 Å². The first kappa shape index (κ1) is 22.0. The first-order valence-corrected chi connectivity index (χ1v) is 11.1. The molecule has 4 rings (SSSR count). The molecule has 32 heavy (non-hydrogen) atoms. The smallest absolute Gasteiger partial charge is 0.406 e. The molecule has 7 nitrogen and oxygen atoms in total. The summed E-state index contributed by atoms with van der Waals surface area (Å²) >= 11 is 0. The number of nitrogens with zero attached hydrogens (tertiary/aromatic N) is 3. The number of pyridine rings is 1. The number of piperazine rings is 1. The molecular weight excluding hydrogens is 447 g/mol. The standard InChI is InChI=1S/C21H18F3N3O4S/c22-21(23,24)31-17-5-7-18(8-6-17)32(29,30)27-12-10-26(11-13-27)20(28)16-4-3-15-2-1-9-25-19(15)14-16/h1-9,14H,10-13H2. The summed E-state index contributed by atoms with van der Waals surface area (Å²) in [7, 11) is -3.92. The van der Waals surface area contributed by atoms with E-state index in [0.717, 1.165) is 29.7 Å². The number of aromatic nitrogens is 1. The molecule has 0 atom stereocenters. The number of alkyl halides is 3. The van der Waals surface area contributed by atoms with E-state index >= 15 is 0 Å². The van der Waals surface area contributed by atoms with Crippen molar-refractivity contribution in [1.29, 1.82) is 0 Å². The zero-order chi connectivity index (χ0) is 22.9. The average Bonchev–Trinajstić information content (AvgIpc) is 2.77. The van der Waals surface area contributed by atoms with Crippen LogP contribution in [0.1, 0.15) is 10.4 Å². The normalized spacial score (nSPS) is 15.7. The molecule has 1 aliphatic rings. The van der Waals surface area contributed by atoms with Crippen molar-refractivity contribution in [2.45, 2.75) is 11.3 Å². The summed E-state index contributed by atoms with van der Waals surface area (Å²) in [5.41, 5.74) is 1.16. The van der Waals surface area contributed by atoms with E-state index in [2.05, 4.69) is 9.72 Å². The van der Waals surface area contributed by atoms with E-state index in [-0.39, 0.29) is 37.0 Å². The number of rotatable bonds is 4. The maximum atomic E-state index is 12.8. The Morgan fingerprint density at radius 2 is 1.66 bits per heavy atom. The highest BCUT2D eigenvalue weighted by Gasteiger charge is 2.33. The average molecular weight is 465 g/mol.